The van der Waals surface area contributed by atoms with Gasteiger partial charge in [0.15, 0.2) is 0 Å². The van der Waals surface area contributed by atoms with E-state index in [1.54, 1.807) is 0 Å². The van der Waals surface area contributed by atoms with Crippen LogP contribution in [-0.2, 0) is 11.2 Å². The zero-order valence-electron chi connectivity index (χ0n) is 10.2. The number of anilines is 1. The molecule has 0 amide bonds. The molecule has 0 saturated carbocycles. The maximum atomic E-state index is 10.5. The van der Waals surface area contributed by atoms with Crippen LogP contribution in [0.4, 0.5) is 5.69 Å². The van der Waals surface area contributed by atoms with Crippen molar-refractivity contribution in [2.75, 3.05) is 18.5 Å². The summed E-state index contributed by atoms with van der Waals surface area (Å²) >= 11 is 0. The molecule has 0 aliphatic heterocycles. The normalized spacial score (nSPS) is 10.2. The predicted octanol–water partition coefficient (Wildman–Crippen LogP) is 2.47. The fourth-order valence-electron chi connectivity index (χ4n) is 1.93. The van der Waals surface area contributed by atoms with Gasteiger partial charge in [0, 0.05) is 19.3 Å². The summed E-state index contributed by atoms with van der Waals surface area (Å²) in [4.78, 5) is 12.6. The Morgan fingerprint density at radius 3 is 2.69 bits per heavy atom. The molecule has 1 aromatic carbocycles. The van der Waals surface area contributed by atoms with E-state index in [4.69, 9.17) is 5.11 Å². The maximum Gasteiger partial charge on any atom is 0.305 e. The van der Waals surface area contributed by atoms with E-state index in [1.165, 1.54) is 16.8 Å². The number of carboxylic acids is 1. The lowest BCUT2D eigenvalue weighted by Crippen LogP contribution is -2.23. The molecule has 0 spiro atoms. The first kappa shape index (κ1) is 12.6. The first-order valence-electron chi connectivity index (χ1n) is 5.57. The van der Waals surface area contributed by atoms with Crippen LogP contribution in [0.15, 0.2) is 18.2 Å². The molecule has 0 unspecified atom stereocenters. The number of nitrogens with zero attached hydrogens (tertiary/aromatic N) is 1. The van der Waals surface area contributed by atoms with Gasteiger partial charge in [-0.15, -0.1) is 0 Å². The average Bonchev–Trinajstić information content (AvgIpc) is 2.25. The molecule has 3 nitrogen and oxygen atoms in total. The molecule has 16 heavy (non-hydrogen) atoms. The Morgan fingerprint density at radius 2 is 2.12 bits per heavy atom. The quantitative estimate of drug-likeness (QED) is 0.830. The van der Waals surface area contributed by atoms with Crippen LogP contribution in [0.25, 0.3) is 0 Å². The van der Waals surface area contributed by atoms with Crippen LogP contribution in [0.1, 0.15) is 24.5 Å². The second-order valence-electron chi connectivity index (χ2n) is 4.00. The van der Waals surface area contributed by atoms with Crippen molar-refractivity contribution in [2.24, 2.45) is 0 Å². The van der Waals surface area contributed by atoms with E-state index in [1.807, 2.05) is 18.0 Å². The zero-order valence-corrected chi connectivity index (χ0v) is 10.2. The highest BCUT2D eigenvalue weighted by molar-refractivity contribution is 5.68. The number of hydrogen-bond donors (Lipinski definition) is 1. The third-order valence-corrected chi connectivity index (χ3v) is 2.75. The minimum Gasteiger partial charge on any atom is -0.481 e. The lowest BCUT2D eigenvalue weighted by molar-refractivity contribution is -0.136. The molecule has 0 heterocycles. The fraction of sp³-hybridized carbons (Fsp3) is 0.462. The van der Waals surface area contributed by atoms with E-state index in [0.717, 1.165) is 6.42 Å². The molecular formula is C13H19NO2. The van der Waals surface area contributed by atoms with Crippen molar-refractivity contribution >= 4 is 11.7 Å². The summed E-state index contributed by atoms with van der Waals surface area (Å²) in [5, 5.41) is 8.68. The SMILES string of the molecule is CCc1cccc(C)c1N(C)CCC(=O)O. The van der Waals surface area contributed by atoms with Gasteiger partial charge in [-0.2, -0.15) is 0 Å². The summed E-state index contributed by atoms with van der Waals surface area (Å²) in [6.45, 7) is 4.72. The molecule has 0 aliphatic carbocycles. The highest BCUT2D eigenvalue weighted by atomic mass is 16.4. The Labute approximate surface area is 96.7 Å². The number of rotatable bonds is 5. The Bertz CT molecular complexity index is 374. The first-order chi connectivity index (χ1) is 7.56. The molecule has 1 N–H and O–H groups in total. The van der Waals surface area contributed by atoms with E-state index in [2.05, 4.69) is 26.0 Å². The summed E-state index contributed by atoms with van der Waals surface area (Å²) in [6.07, 6.45) is 1.14. The van der Waals surface area contributed by atoms with Crippen LogP contribution in [0, 0.1) is 6.92 Å². The van der Waals surface area contributed by atoms with Gasteiger partial charge in [0.1, 0.15) is 0 Å². The molecule has 1 rings (SSSR count). The second kappa shape index (κ2) is 5.54. The summed E-state index contributed by atoms with van der Waals surface area (Å²) in [7, 11) is 1.95. The third-order valence-electron chi connectivity index (χ3n) is 2.75. The van der Waals surface area contributed by atoms with E-state index < -0.39 is 5.97 Å². The lowest BCUT2D eigenvalue weighted by atomic mass is 10.0. The molecule has 0 atom stereocenters. The van der Waals surface area contributed by atoms with Gasteiger partial charge < -0.3 is 10.0 Å². The standard InChI is InChI=1S/C13H19NO2/c1-4-11-7-5-6-10(2)13(11)14(3)9-8-12(15)16/h5-7H,4,8-9H2,1-3H3,(H,15,16). The van der Waals surface area contributed by atoms with Crippen molar-refractivity contribution in [1.29, 1.82) is 0 Å². The molecule has 3 heteroatoms. The Kier molecular flexibility index (Phi) is 4.35. The Hall–Kier alpha value is -1.51. The van der Waals surface area contributed by atoms with E-state index in [-0.39, 0.29) is 6.42 Å². The number of hydrogen-bond acceptors (Lipinski definition) is 2. The molecule has 0 saturated heterocycles. The molecular weight excluding hydrogens is 202 g/mol. The van der Waals surface area contributed by atoms with Crippen LogP contribution in [0.2, 0.25) is 0 Å². The highest BCUT2D eigenvalue weighted by Crippen LogP contribution is 2.24. The number of para-hydroxylation sites is 1. The topological polar surface area (TPSA) is 40.5 Å². The summed E-state index contributed by atoms with van der Waals surface area (Å²) in [6, 6.07) is 6.20. The lowest BCUT2D eigenvalue weighted by Gasteiger charge is -2.23. The highest BCUT2D eigenvalue weighted by Gasteiger charge is 2.10. The molecule has 88 valence electrons. The third kappa shape index (κ3) is 2.99. The largest absolute Gasteiger partial charge is 0.481 e. The number of benzene rings is 1. The maximum absolute atomic E-state index is 10.5. The monoisotopic (exact) mass is 221 g/mol. The average molecular weight is 221 g/mol. The summed E-state index contributed by atoms with van der Waals surface area (Å²) in [5.74, 6) is -0.751. The molecule has 0 fully saturated rings. The van der Waals surface area contributed by atoms with Crippen molar-refractivity contribution in [2.45, 2.75) is 26.7 Å². The molecule has 0 radical (unpaired) electrons. The van der Waals surface area contributed by atoms with Gasteiger partial charge in [0.25, 0.3) is 0 Å². The van der Waals surface area contributed by atoms with E-state index in [9.17, 15) is 4.79 Å². The Balaban J connectivity index is 2.88. The minimum absolute atomic E-state index is 0.175. The van der Waals surface area contributed by atoms with Crippen molar-refractivity contribution in [3.05, 3.63) is 29.3 Å². The van der Waals surface area contributed by atoms with Gasteiger partial charge in [-0.05, 0) is 24.5 Å². The fourth-order valence-corrected chi connectivity index (χ4v) is 1.93. The van der Waals surface area contributed by atoms with Gasteiger partial charge in [-0.3, -0.25) is 4.79 Å². The number of aliphatic carboxylic acids is 1. The number of carboxylic acid groups (broad SMARTS) is 1. The minimum atomic E-state index is -0.751. The van der Waals surface area contributed by atoms with Gasteiger partial charge in [-0.1, -0.05) is 25.1 Å². The van der Waals surface area contributed by atoms with Crippen LogP contribution >= 0.6 is 0 Å². The van der Waals surface area contributed by atoms with Crippen LogP contribution in [-0.4, -0.2) is 24.7 Å². The predicted molar refractivity (Wildman–Crippen MR) is 66.1 cm³/mol. The van der Waals surface area contributed by atoms with Crippen molar-refractivity contribution < 1.29 is 9.90 Å². The van der Waals surface area contributed by atoms with Crippen LogP contribution in [0.3, 0.4) is 0 Å². The van der Waals surface area contributed by atoms with E-state index in [0.29, 0.717) is 6.54 Å². The molecule has 0 aromatic heterocycles. The molecule has 1 aromatic rings. The number of aryl methyl sites for hydroxylation is 2. The second-order valence-corrected chi connectivity index (χ2v) is 4.00. The van der Waals surface area contributed by atoms with Gasteiger partial charge in [-0.25, -0.2) is 0 Å². The van der Waals surface area contributed by atoms with Crippen LogP contribution < -0.4 is 4.90 Å². The molecule has 0 aliphatic rings. The smallest absolute Gasteiger partial charge is 0.305 e. The first-order valence-corrected chi connectivity index (χ1v) is 5.57. The summed E-state index contributed by atoms with van der Waals surface area (Å²) < 4.78 is 0. The van der Waals surface area contributed by atoms with Crippen LogP contribution in [0.5, 0.6) is 0 Å². The zero-order chi connectivity index (χ0) is 12.1. The van der Waals surface area contributed by atoms with Gasteiger partial charge in [0.2, 0.25) is 0 Å². The number of carbonyl (C=O) groups is 1. The Morgan fingerprint density at radius 1 is 1.44 bits per heavy atom. The van der Waals surface area contributed by atoms with Crippen molar-refractivity contribution in [3.63, 3.8) is 0 Å². The van der Waals surface area contributed by atoms with Gasteiger partial charge in [0.05, 0.1) is 6.42 Å². The van der Waals surface area contributed by atoms with Crippen molar-refractivity contribution in [3.8, 4) is 0 Å². The summed E-state index contributed by atoms with van der Waals surface area (Å²) in [5.41, 5.74) is 3.64. The van der Waals surface area contributed by atoms with Gasteiger partial charge >= 0.3 is 5.97 Å². The van der Waals surface area contributed by atoms with Crippen molar-refractivity contribution in [1.82, 2.24) is 0 Å². The molecule has 0 bridgehead atoms. The van der Waals surface area contributed by atoms with E-state index >= 15 is 0 Å².